The smallest absolute Gasteiger partial charge is 0.339 e. The van der Waals surface area contributed by atoms with Crippen LogP contribution in [0.2, 0.25) is 5.02 Å². The molecule has 0 bridgehead atoms. The molecule has 1 aromatic carbocycles. The molecule has 0 unspecified atom stereocenters. The number of hydrogen-bond donors (Lipinski definition) is 0. The Hall–Kier alpha value is -0.930. The monoisotopic (exact) mass is 310 g/mol. The van der Waals surface area contributed by atoms with Crippen molar-refractivity contribution in [3.05, 3.63) is 38.2 Å². The summed E-state index contributed by atoms with van der Waals surface area (Å²) in [6, 6.07) is 2.06. The molecule has 4 heteroatoms. The minimum absolute atomic E-state index is 0.0438. The molecule has 0 N–H and O–H groups in total. The van der Waals surface area contributed by atoms with Gasteiger partial charge in [-0.2, -0.15) is 0 Å². The Morgan fingerprint density at radius 2 is 1.75 bits per heavy atom. The second-order valence-corrected chi connectivity index (χ2v) is 8.28. The van der Waals surface area contributed by atoms with Crippen LogP contribution in [-0.2, 0) is 0 Å². The molecule has 20 heavy (non-hydrogen) atoms. The van der Waals surface area contributed by atoms with Crippen LogP contribution in [0.3, 0.4) is 0 Å². The second-order valence-electron chi connectivity index (χ2n) is 6.07. The van der Waals surface area contributed by atoms with Gasteiger partial charge in [0.05, 0.1) is 5.02 Å². The number of benzene rings is 1. The average molecular weight is 311 g/mol. The summed E-state index contributed by atoms with van der Waals surface area (Å²) >= 11 is 8.19. The molecular formula is C16H19ClO2S. The number of halogens is 1. The molecule has 108 valence electrons. The van der Waals surface area contributed by atoms with Crippen molar-refractivity contribution in [2.45, 2.75) is 51.2 Å². The summed E-state index contributed by atoms with van der Waals surface area (Å²) in [4.78, 5) is 12.8. The predicted octanol–water partition coefficient (Wildman–Crippen LogP) is 5.26. The molecule has 0 atom stereocenters. The normalized spacial score (nSPS) is 12.2. The Bertz CT molecular complexity index is 739. The van der Waals surface area contributed by atoms with Crippen molar-refractivity contribution in [3.63, 3.8) is 0 Å². The van der Waals surface area contributed by atoms with Crippen LogP contribution in [0.5, 0.6) is 0 Å². The quantitative estimate of drug-likeness (QED) is 0.531. The van der Waals surface area contributed by atoms with Gasteiger partial charge in [-0.1, -0.05) is 32.4 Å². The average Bonchev–Trinajstić information content (AvgIpc) is 2.33. The van der Waals surface area contributed by atoms with Gasteiger partial charge >= 0.3 is 5.63 Å². The maximum Gasteiger partial charge on any atom is 0.339 e. The first-order valence-corrected chi connectivity index (χ1v) is 7.73. The van der Waals surface area contributed by atoms with E-state index in [2.05, 4.69) is 26.8 Å². The van der Waals surface area contributed by atoms with Gasteiger partial charge in [-0.3, -0.25) is 0 Å². The Kier molecular flexibility index (Phi) is 3.96. The first kappa shape index (κ1) is 15.5. The number of fused-ring (bicyclic) bond motifs is 1. The van der Waals surface area contributed by atoms with Crippen LogP contribution < -0.4 is 5.63 Å². The van der Waals surface area contributed by atoms with Crippen LogP contribution in [-0.4, -0.2) is 4.75 Å². The third-order valence-electron chi connectivity index (χ3n) is 3.24. The lowest BCUT2D eigenvalue weighted by Gasteiger charge is -2.21. The molecule has 0 radical (unpaired) electrons. The van der Waals surface area contributed by atoms with E-state index in [4.69, 9.17) is 16.0 Å². The van der Waals surface area contributed by atoms with Gasteiger partial charge in [0.25, 0.3) is 0 Å². The molecule has 2 nitrogen and oxygen atoms in total. The zero-order valence-corrected chi connectivity index (χ0v) is 14.3. The molecule has 0 saturated carbocycles. The molecule has 2 aromatic rings. The molecule has 0 spiro atoms. The Labute approximate surface area is 128 Å². The molecule has 0 aliphatic heterocycles. The van der Waals surface area contributed by atoms with E-state index in [1.54, 1.807) is 18.7 Å². The lowest BCUT2D eigenvalue weighted by atomic mass is 10.1. The van der Waals surface area contributed by atoms with Crippen molar-refractivity contribution in [1.29, 1.82) is 0 Å². The van der Waals surface area contributed by atoms with E-state index in [9.17, 15) is 4.79 Å². The van der Waals surface area contributed by atoms with Crippen LogP contribution >= 0.6 is 23.4 Å². The Balaban J connectivity index is 2.83. The van der Waals surface area contributed by atoms with E-state index in [0.717, 1.165) is 21.4 Å². The van der Waals surface area contributed by atoms with Gasteiger partial charge in [0, 0.05) is 20.6 Å². The lowest BCUT2D eigenvalue weighted by Crippen LogP contribution is -2.09. The van der Waals surface area contributed by atoms with Crippen LogP contribution in [0.1, 0.15) is 37.5 Å². The number of hydrogen-bond acceptors (Lipinski definition) is 3. The topological polar surface area (TPSA) is 30.2 Å². The van der Waals surface area contributed by atoms with Crippen molar-refractivity contribution in [2.24, 2.45) is 0 Å². The van der Waals surface area contributed by atoms with Gasteiger partial charge in [-0.25, -0.2) is 4.79 Å². The van der Waals surface area contributed by atoms with E-state index in [1.807, 2.05) is 13.8 Å². The fourth-order valence-electron chi connectivity index (χ4n) is 2.08. The fraction of sp³-hybridized carbons (Fsp3) is 0.438. The van der Waals surface area contributed by atoms with Crippen LogP contribution in [0.25, 0.3) is 11.0 Å². The Morgan fingerprint density at radius 1 is 1.15 bits per heavy atom. The largest absolute Gasteiger partial charge is 0.421 e. The number of rotatable bonds is 1. The molecule has 2 rings (SSSR count). The van der Waals surface area contributed by atoms with Crippen molar-refractivity contribution in [1.82, 2.24) is 0 Å². The van der Waals surface area contributed by atoms with Crippen LogP contribution in [0.4, 0.5) is 0 Å². The zero-order valence-electron chi connectivity index (χ0n) is 12.7. The first-order chi connectivity index (χ1) is 9.11. The molecule has 0 aliphatic carbocycles. The summed E-state index contributed by atoms with van der Waals surface area (Å²) in [5.74, 6) is 0. The highest BCUT2D eigenvalue weighted by atomic mass is 35.5. The summed E-state index contributed by atoms with van der Waals surface area (Å²) in [5.41, 5.74) is 2.88. The third-order valence-corrected chi connectivity index (χ3v) is 5.05. The number of aryl methyl sites for hydroxylation is 2. The zero-order chi connectivity index (χ0) is 15.2. The minimum atomic E-state index is -0.313. The molecule has 0 saturated heterocycles. The van der Waals surface area contributed by atoms with Gasteiger partial charge < -0.3 is 4.42 Å². The molecule has 1 aromatic heterocycles. The third kappa shape index (κ3) is 2.75. The van der Waals surface area contributed by atoms with Crippen molar-refractivity contribution >= 4 is 34.3 Å². The van der Waals surface area contributed by atoms with Gasteiger partial charge in [0.1, 0.15) is 0 Å². The number of thioether (sulfide) groups is 1. The predicted molar refractivity (Wildman–Crippen MR) is 87.3 cm³/mol. The highest BCUT2D eigenvalue weighted by Crippen LogP contribution is 2.42. The van der Waals surface area contributed by atoms with Gasteiger partial charge in [0.15, 0.2) is 5.58 Å². The SMILES string of the molecule is Cc1cc2c(C)c(C)c(=O)oc2c(Cl)c1SC(C)(C)C. The standard InChI is InChI=1S/C16H19ClO2S/c1-8-7-11-9(2)10(3)15(18)19-13(11)12(17)14(8)20-16(4,5)6/h7H,1-6H3. The summed E-state index contributed by atoms with van der Waals surface area (Å²) < 4.78 is 5.46. The maximum atomic E-state index is 11.9. The molecule has 1 heterocycles. The molecular weight excluding hydrogens is 292 g/mol. The fourth-order valence-corrected chi connectivity index (χ4v) is 3.50. The van der Waals surface area contributed by atoms with Crippen molar-refractivity contribution in [2.75, 3.05) is 0 Å². The lowest BCUT2D eigenvalue weighted by molar-refractivity contribution is 0.553. The van der Waals surface area contributed by atoms with Gasteiger partial charge in [-0.05, 0) is 38.0 Å². The molecule has 0 aliphatic rings. The van der Waals surface area contributed by atoms with E-state index in [0.29, 0.717) is 16.2 Å². The van der Waals surface area contributed by atoms with Gasteiger partial charge in [-0.15, -0.1) is 11.8 Å². The first-order valence-electron chi connectivity index (χ1n) is 6.54. The van der Waals surface area contributed by atoms with E-state index in [-0.39, 0.29) is 10.4 Å². The van der Waals surface area contributed by atoms with Gasteiger partial charge in [0.2, 0.25) is 0 Å². The Morgan fingerprint density at radius 3 is 2.30 bits per heavy atom. The van der Waals surface area contributed by atoms with Crippen molar-refractivity contribution < 1.29 is 4.42 Å². The minimum Gasteiger partial charge on any atom is -0.421 e. The van der Waals surface area contributed by atoms with E-state index < -0.39 is 0 Å². The van der Waals surface area contributed by atoms with Crippen LogP contribution in [0.15, 0.2) is 20.2 Å². The van der Waals surface area contributed by atoms with Crippen LogP contribution in [0, 0.1) is 20.8 Å². The summed E-state index contributed by atoms with van der Waals surface area (Å²) in [6.07, 6.45) is 0. The summed E-state index contributed by atoms with van der Waals surface area (Å²) in [6.45, 7) is 12.2. The van der Waals surface area contributed by atoms with E-state index >= 15 is 0 Å². The summed E-state index contributed by atoms with van der Waals surface area (Å²) in [7, 11) is 0. The highest BCUT2D eigenvalue weighted by molar-refractivity contribution is 8.00. The highest BCUT2D eigenvalue weighted by Gasteiger charge is 2.20. The van der Waals surface area contributed by atoms with E-state index in [1.165, 1.54) is 0 Å². The summed E-state index contributed by atoms with van der Waals surface area (Å²) in [5, 5.41) is 1.46. The molecule has 0 amide bonds. The molecule has 0 fully saturated rings. The maximum absolute atomic E-state index is 11.9. The van der Waals surface area contributed by atoms with Crippen molar-refractivity contribution in [3.8, 4) is 0 Å². The second kappa shape index (κ2) is 5.12.